The fraction of sp³-hybridized carbons (Fsp3) is 0.167. The highest BCUT2D eigenvalue weighted by molar-refractivity contribution is 6.42. The van der Waals surface area contributed by atoms with Gasteiger partial charge in [0.15, 0.2) is 0 Å². The Morgan fingerprint density at radius 3 is 2.62 bits per heavy atom. The largest absolute Gasteiger partial charge is 0.461 e. The molecule has 3 aromatic rings. The van der Waals surface area contributed by atoms with Crippen LogP contribution in [0.25, 0.3) is 10.9 Å². The van der Waals surface area contributed by atoms with Crippen LogP contribution >= 0.6 is 23.2 Å². The molecule has 8 heteroatoms. The number of hydrogen-bond acceptors (Lipinski definition) is 4. The van der Waals surface area contributed by atoms with Crippen molar-refractivity contribution in [3.05, 3.63) is 73.9 Å². The number of fused-ring (bicyclic) bond motifs is 1. The van der Waals surface area contributed by atoms with Crippen LogP contribution in [0.2, 0.25) is 10.0 Å². The number of rotatable bonds is 5. The summed E-state index contributed by atoms with van der Waals surface area (Å²) in [4.78, 5) is 23.2. The Bertz CT molecular complexity index is 1010. The Morgan fingerprint density at radius 2 is 1.96 bits per heavy atom. The third kappa shape index (κ3) is 3.38. The molecule has 0 aliphatic rings. The Kier molecular flexibility index (Phi) is 5.15. The standard InChI is InChI=1S/C18H14Cl2N2O4/c1-2-26-18(23)17-9-12-15(4-3-5-16(12)22(24)25)21(17)10-11-6-7-13(19)14(20)8-11/h3-9H,2,10H2,1H3. The lowest BCUT2D eigenvalue weighted by Gasteiger charge is -2.11. The molecule has 0 radical (unpaired) electrons. The number of aromatic nitrogens is 1. The van der Waals surface area contributed by atoms with Gasteiger partial charge in [0.2, 0.25) is 0 Å². The Labute approximate surface area is 159 Å². The molecule has 0 aliphatic carbocycles. The first kappa shape index (κ1) is 18.2. The van der Waals surface area contributed by atoms with Crippen molar-refractivity contribution in [1.82, 2.24) is 4.57 Å². The summed E-state index contributed by atoms with van der Waals surface area (Å²) in [5.41, 5.74) is 1.53. The van der Waals surface area contributed by atoms with Crippen LogP contribution in [0.4, 0.5) is 5.69 Å². The SMILES string of the molecule is CCOC(=O)c1cc2c([N+](=O)[O-])cccc2n1Cc1ccc(Cl)c(Cl)c1. The molecular weight excluding hydrogens is 379 g/mol. The van der Waals surface area contributed by atoms with Crippen molar-refractivity contribution in [3.63, 3.8) is 0 Å². The summed E-state index contributed by atoms with van der Waals surface area (Å²) in [6.45, 7) is 2.19. The molecule has 26 heavy (non-hydrogen) atoms. The van der Waals surface area contributed by atoms with Crippen LogP contribution in [0.15, 0.2) is 42.5 Å². The molecule has 2 aromatic carbocycles. The molecule has 3 rings (SSSR count). The maximum Gasteiger partial charge on any atom is 0.354 e. The minimum atomic E-state index is -0.543. The van der Waals surface area contributed by atoms with Gasteiger partial charge in [0.05, 0.1) is 32.5 Å². The average Bonchev–Trinajstić information content (AvgIpc) is 2.97. The summed E-state index contributed by atoms with van der Waals surface area (Å²) < 4.78 is 6.78. The lowest BCUT2D eigenvalue weighted by atomic mass is 10.2. The summed E-state index contributed by atoms with van der Waals surface area (Å²) in [5, 5.41) is 12.5. The molecular formula is C18H14Cl2N2O4. The molecule has 0 amide bonds. The van der Waals surface area contributed by atoms with Gasteiger partial charge in [-0.3, -0.25) is 10.1 Å². The van der Waals surface area contributed by atoms with Gasteiger partial charge in [-0.1, -0.05) is 35.3 Å². The van der Waals surface area contributed by atoms with Gasteiger partial charge in [-0.25, -0.2) is 4.79 Å². The molecule has 0 saturated heterocycles. The zero-order valence-corrected chi connectivity index (χ0v) is 15.3. The smallest absolute Gasteiger partial charge is 0.354 e. The summed E-state index contributed by atoms with van der Waals surface area (Å²) in [6.07, 6.45) is 0. The molecule has 0 saturated carbocycles. The van der Waals surface area contributed by atoms with E-state index in [-0.39, 0.29) is 24.5 Å². The van der Waals surface area contributed by atoms with Gasteiger partial charge in [0.1, 0.15) is 5.69 Å². The van der Waals surface area contributed by atoms with Gasteiger partial charge in [0.25, 0.3) is 5.69 Å². The van der Waals surface area contributed by atoms with Crippen molar-refractivity contribution in [2.75, 3.05) is 6.61 Å². The van der Waals surface area contributed by atoms with Crippen LogP contribution in [0.3, 0.4) is 0 Å². The number of nitro groups is 1. The molecule has 0 spiro atoms. The second-order valence-electron chi connectivity index (χ2n) is 5.55. The van der Waals surface area contributed by atoms with Crippen molar-refractivity contribution in [1.29, 1.82) is 0 Å². The molecule has 0 bridgehead atoms. The van der Waals surface area contributed by atoms with Crippen molar-refractivity contribution < 1.29 is 14.5 Å². The first-order chi connectivity index (χ1) is 12.4. The molecule has 1 aromatic heterocycles. The predicted octanol–water partition coefficient (Wildman–Crippen LogP) is 5.08. The van der Waals surface area contributed by atoms with Crippen molar-refractivity contribution in [2.45, 2.75) is 13.5 Å². The van der Waals surface area contributed by atoms with E-state index in [1.54, 1.807) is 41.8 Å². The summed E-state index contributed by atoms with van der Waals surface area (Å²) in [7, 11) is 0. The number of nitrogens with zero attached hydrogens (tertiary/aromatic N) is 2. The molecule has 0 N–H and O–H groups in total. The van der Waals surface area contributed by atoms with Crippen molar-refractivity contribution >= 4 is 45.8 Å². The van der Waals surface area contributed by atoms with E-state index in [4.69, 9.17) is 27.9 Å². The van der Waals surface area contributed by atoms with Crippen LogP contribution in [0, 0.1) is 10.1 Å². The third-order valence-corrected chi connectivity index (χ3v) is 4.67. The Balaban J connectivity index is 2.18. The average molecular weight is 393 g/mol. The van der Waals surface area contributed by atoms with Crippen LogP contribution < -0.4 is 0 Å². The fourth-order valence-corrected chi connectivity index (χ4v) is 3.11. The summed E-state index contributed by atoms with van der Waals surface area (Å²) in [6, 6.07) is 11.3. The topological polar surface area (TPSA) is 74.4 Å². The lowest BCUT2D eigenvalue weighted by Crippen LogP contribution is -2.12. The lowest BCUT2D eigenvalue weighted by molar-refractivity contribution is -0.383. The Hall–Kier alpha value is -2.57. The minimum Gasteiger partial charge on any atom is -0.461 e. The van der Waals surface area contributed by atoms with Crippen LogP contribution in [-0.4, -0.2) is 22.1 Å². The van der Waals surface area contributed by atoms with Gasteiger partial charge in [-0.05, 0) is 36.8 Å². The van der Waals surface area contributed by atoms with Crippen LogP contribution in [0.5, 0.6) is 0 Å². The van der Waals surface area contributed by atoms with Gasteiger partial charge >= 0.3 is 5.97 Å². The first-order valence-electron chi connectivity index (χ1n) is 7.80. The van der Waals surface area contributed by atoms with E-state index in [9.17, 15) is 14.9 Å². The molecule has 134 valence electrons. The van der Waals surface area contributed by atoms with Crippen molar-refractivity contribution in [3.8, 4) is 0 Å². The van der Waals surface area contributed by atoms with Gasteiger partial charge in [-0.2, -0.15) is 0 Å². The van der Waals surface area contributed by atoms with Gasteiger partial charge in [0, 0.05) is 12.6 Å². The highest BCUT2D eigenvalue weighted by Gasteiger charge is 2.22. The number of esters is 1. The second kappa shape index (κ2) is 7.35. The third-order valence-electron chi connectivity index (χ3n) is 3.93. The van der Waals surface area contributed by atoms with E-state index in [1.807, 2.05) is 0 Å². The van der Waals surface area contributed by atoms with E-state index in [1.165, 1.54) is 12.1 Å². The Morgan fingerprint density at radius 1 is 1.19 bits per heavy atom. The molecule has 0 aliphatic heterocycles. The maximum absolute atomic E-state index is 12.4. The van der Waals surface area contributed by atoms with Crippen LogP contribution in [0.1, 0.15) is 23.0 Å². The number of non-ortho nitro benzene ring substituents is 1. The van der Waals surface area contributed by atoms with E-state index in [0.717, 1.165) is 5.56 Å². The minimum absolute atomic E-state index is 0.0686. The monoisotopic (exact) mass is 392 g/mol. The van der Waals surface area contributed by atoms with Gasteiger partial charge < -0.3 is 9.30 Å². The first-order valence-corrected chi connectivity index (χ1v) is 8.55. The normalized spacial score (nSPS) is 10.9. The summed E-state index contributed by atoms with van der Waals surface area (Å²) >= 11 is 12.0. The zero-order chi connectivity index (χ0) is 18.8. The van der Waals surface area contributed by atoms with Crippen molar-refractivity contribution in [2.24, 2.45) is 0 Å². The van der Waals surface area contributed by atoms with E-state index < -0.39 is 10.9 Å². The number of carbonyl (C=O) groups is 1. The number of hydrogen-bond donors (Lipinski definition) is 0. The number of ether oxygens (including phenoxy) is 1. The van der Waals surface area contributed by atoms with Gasteiger partial charge in [-0.15, -0.1) is 0 Å². The quantitative estimate of drug-likeness (QED) is 0.344. The zero-order valence-electron chi connectivity index (χ0n) is 13.7. The number of halogens is 2. The van der Waals surface area contributed by atoms with E-state index in [2.05, 4.69) is 0 Å². The molecule has 0 fully saturated rings. The maximum atomic E-state index is 12.4. The predicted molar refractivity (Wildman–Crippen MR) is 100 cm³/mol. The highest BCUT2D eigenvalue weighted by atomic mass is 35.5. The molecule has 0 unspecified atom stereocenters. The van der Waals surface area contributed by atoms with E-state index in [0.29, 0.717) is 20.9 Å². The number of nitro benzene ring substituents is 1. The van der Waals surface area contributed by atoms with Crippen LogP contribution in [-0.2, 0) is 11.3 Å². The number of benzene rings is 2. The molecule has 1 heterocycles. The number of carbonyl (C=O) groups excluding carboxylic acids is 1. The fourth-order valence-electron chi connectivity index (χ4n) is 2.79. The molecule has 0 atom stereocenters. The summed E-state index contributed by atoms with van der Waals surface area (Å²) in [5.74, 6) is -0.543. The highest BCUT2D eigenvalue weighted by Crippen LogP contribution is 2.31. The van der Waals surface area contributed by atoms with E-state index >= 15 is 0 Å². The molecule has 6 nitrogen and oxygen atoms in total. The second-order valence-corrected chi connectivity index (χ2v) is 6.37.